The lowest BCUT2D eigenvalue weighted by molar-refractivity contribution is 0.0552. The normalized spacial score (nSPS) is 10.2. The van der Waals surface area contributed by atoms with E-state index in [1.54, 1.807) is 24.3 Å². The fourth-order valence-electron chi connectivity index (χ4n) is 1.91. The van der Waals surface area contributed by atoms with Gasteiger partial charge in [0.05, 0.1) is 19.8 Å². The van der Waals surface area contributed by atoms with Gasteiger partial charge in [-0.1, -0.05) is 24.3 Å². The number of phenols is 1. The summed E-state index contributed by atoms with van der Waals surface area (Å²) in [7, 11) is 2.38. The number of aromatic hydroxyl groups is 1. The molecule has 0 aromatic heterocycles. The van der Waals surface area contributed by atoms with E-state index in [4.69, 9.17) is 0 Å². The van der Waals surface area contributed by atoms with Gasteiger partial charge in [0.1, 0.15) is 11.3 Å². The zero-order valence-electron chi connectivity index (χ0n) is 10.5. The van der Waals surface area contributed by atoms with Gasteiger partial charge in [-0.25, -0.2) is 9.59 Å². The molecule has 2 aromatic rings. The second kappa shape index (κ2) is 4.97. The highest BCUT2D eigenvalue weighted by Crippen LogP contribution is 2.32. The van der Waals surface area contributed by atoms with Gasteiger partial charge in [0.2, 0.25) is 0 Å². The number of rotatable bonds is 2. The van der Waals surface area contributed by atoms with E-state index in [-0.39, 0.29) is 16.9 Å². The monoisotopic (exact) mass is 260 g/mol. The number of hydrogen-bond acceptors (Lipinski definition) is 5. The van der Waals surface area contributed by atoms with Gasteiger partial charge in [-0.2, -0.15) is 0 Å². The Bertz CT molecular complexity index is 660. The van der Waals surface area contributed by atoms with Gasteiger partial charge in [0.15, 0.2) is 0 Å². The predicted octanol–water partition coefficient (Wildman–Crippen LogP) is 2.12. The molecule has 2 aromatic carbocycles. The summed E-state index contributed by atoms with van der Waals surface area (Å²) < 4.78 is 9.21. The molecule has 98 valence electrons. The van der Waals surface area contributed by atoms with E-state index in [0.717, 1.165) is 0 Å². The Morgan fingerprint density at radius 3 is 2.32 bits per heavy atom. The van der Waals surface area contributed by atoms with E-state index in [1.807, 2.05) is 0 Å². The Morgan fingerprint density at radius 1 is 1.05 bits per heavy atom. The van der Waals surface area contributed by atoms with Gasteiger partial charge >= 0.3 is 11.9 Å². The SMILES string of the molecule is COC(=O)c1cc2ccccc2c(O)c1C(=O)OC. The van der Waals surface area contributed by atoms with Crippen molar-refractivity contribution in [2.45, 2.75) is 0 Å². The topological polar surface area (TPSA) is 72.8 Å². The number of carbonyl (C=O) groups is 2. The van der Waals surface area contributed by atoms with Crippen molar-refractivity contribution in [1.29, 1.82) is 0 Å². The molecular formula is C14H12O5. The maximum Gasteiger partial charge on any atom is 0.342 e. The van der Waals surface area contributed by atoms with Crippen LogP contribution >= 0.6 is 0 Å². The summed E-state index contributed by atoms with van der Waals surface area (Å²) in [5.41, 5.74) is -0.210. The van der Waals surface area contributed by atoms with E-state index >= 15 is 0 Å². The van der Waals surface area contributed by atoms with Crippen LogP contribution in [-0.2, 0) is 9.47 Å². The zero-order valence-corrected chi connectivity index (χ0v) is 10.5. The Labute approximate surface area is 109 Å². The Morgan fingerprint density at radius 2 is 1.68 bits per heavy atom. The molecule has 0 spiro atoms. The van der Waals surface area contributed by atoms with Crippen LogP contribution in [0.4, 0.5) is 0 Å². The van der Waals surface area contributed by atoms with Crippen molar-refractivity contribution in [3.8, 4) is 5.75 Å². The average molecular weight is 260 g/mol. The molecule has 0 bridgehead atoms. The molecule has 0 aliphatic rings. The molecule has 2 rings (SSSR count). The number of fused-ring (bicyclic) bond motifs is 1. The number of ether oxygens (including phenoxy) is 2. The molecule has 0 fully saturated rings. The molecule has 1 N–H and O–H groups in total. The Hall–Kier alpha value is -2.56. The molecule has 0 saturated carbocycles. The molecule has 5 heteroatoms. The lowest BCUT2D eigenvalue weighted by Crippen LogP contribution is -2.12. The number of hydrogen-bond donors (Lipinski definition) is 1. The van der Waals surface area contributed by atoms with Crippen LogP contribution in [0.25, 0.3) is 10.8 Å². The maximum atomic E-state index is 11.7. The fourth-order valence-corrected chi connectivity index (χ4v) is 1.91. The summed E-state index contributed by atoms with van der Waals surface area (Å²) in [4.78, 5) is 23.4. The lowest BCUT2D eigenvalue weighted by atomic mass is 9.99. The van der Waals surface area contributed by atoms with Crippen molar-refractivity contribution >= 4 is 22.7 Å². The Balaban J connectivity index is 2.84. The average Bonchev–Trinajstić information content (AvgIpc) is 2.45. The number of phenolic OH excluding ortho intramolecular Hbond substituents is 1. The van der Waals surface area contributed by atoms with Gasteiger partial charge < -0.3 is 14.6 Å². The molecule has 0 amide bonds. The number of carbonyl (C=O) groups excluding carboxylic acids is 2. The van der Waals surface area contributed by atoms with Gasteiger partial charge in [-0.05, 0) is 11.5 Å². The second-order valence-corrected chi connectivity index (χ2v) is 3.85. The first-order valence-corrected chi connectivity index (χ1v) is 5.51. The van der Waals surface area contributed by atoms with Crippen molar-refractivity contribution < 1.29 is 24.2 Å². The molecule has 0 atom stereocenters. The maximum absolute atomic E-state index is 11.7. The van der Waals surface area contributed by atoms with E-state index in [9.17, 15) is 14.7 Å². The van der Waals surface area contributed by atoms with Crippen LogP contribution in [0.5, 0.6) is 5.75 Å². The quantitative estimate of drug-likeness (QED) is 0.837. The van der Waals surface area contributed by atoms with Crippen LogP contribution in [0.15, 0.2) is 30.3 Å². The molecular weight excluding hydrogens is 248 g/mol. The van der Waals surface area contributed by atoms with E-state index in [2.05, 4.69) is 9.47 Å². The van der Waals surface area contributed by atoms with Gasteiger partial charge in [-0.15, -0.1) is 0 Å². The third-order valence-electron chi connectivity index (χ3n) is 2.82. The van der Waals surface area contributed by atoms with Gasteiger partial charge in [0.25, 0.3) is 0 Å². The number of methoxy groups -OCH3 is 2. The highest BCUT2D eigenvalue weighted by Gasteiger charge is 2.24. The minimum absolute atomic E-state index is 0.0226. The van der Waals surface area contributed by atoms with Crippen LogP contribution in [0.2, 0.25) is 0 Å². The lowest BCUT2D eigenvalue weighted by Gasteiger charge is -2.11. The highest BCUT2D eigenvalue weighted by molar-refractivity contribution is 6.10. The van der Waals surface area contributed by atoms with Crippen molar-refractivity contribution in [3.05, 3.63) is 41.5 Å². The van der Waals surface area contributed by atoms with Crippen LogP contribution in [0, 0.1) is 0 Å². The van der Waals surface area contributed by atoms with E-state index < -0.39 is 11.9 Å². The number of esters is 2. The Kier molecular flexibility index (Phi) is 3.37. The summed E-state index contributed by atoms with van der Waals surface area (Å²) in [5.74, 6) is -1.78. The van der Waals surface area contributed by atoms with Crippen molar-refractivity contribution in [2.24, 2.45) is 0 Å². The molecule has 0 unspecified atom stereocenters. The van der Waals surface area contributed by atoms with Crippen molar-refractivity contribution in [1.82, 2.24) is 0 Å². The van der Waals surface area contributed by atoms with Crippen LogP contribution in [-0.4, -0.2) is 31.3 Å². The first-order valence-electron chi connectivity index (χ1n) is 5.51. The van der Waals surface area contributed by atoms with E-state index in [1.165, 1.54) is 20.3 Å². The molecule has 0 saturated heterocycles. The molecule has 5 nitrogen and oxygen atoms in total. The molecule has 0 radical (unpaired) electrons. The minimum atomic E-state index is -0.788. The first kappa shape index (κ1) is 12.9. The van der Waals surface area contributed by atoms with Gasteiger partial charge in [-0.3, -0.25) is 0 Å². The summed E-state index contributed by atoms with van der Waals surface area (Å²) in [5, 5.41) is 11.3. The fraction of sp³-hybridized carbons (Fsp3) is 0.143. The molecule has 19 heavy (non-hydrogen) atoms. The summed E-state index contributed by atoms with van der Waals surface area (Å²) in [6.07, 6.45) is 0. The van der Waals surface area contributed by atoms with Crippen molar-refractivity contribution in [3.63, 3.8) is 0 Å². The van der Waals surface area contributed by atoms with Gasteiger partial charge in [0, 0.05) is 5.39 Å². The summed E-state index contributed by atoms with van der Waals surface area (Å²) in [6, 6.07) is 8.36. The highest BCUT2D eigenvalue weighted by atomic mass is 16.5. The van der Waals surface area contributed by atoms with E-state index in [0.29, 0.717) is 10.8 Å². The number of benzene rings is 2. The third-order valence-corrected chi connectivity index (χ3v) is 2.82. The van der Waals surface area contributed by atoms with Crippen LogP contribution in [0.1, 0.15) is 20.7 Å². The molecule has 0 aliphatic carbocycles. The predicted molar refractivity (Wildman–Crippen MR) is 68.3 cm³/mol. The van der Waals surface area contributed by atoms with Crippen LogP contribution in [0.3, 0.4) is 0 Å². The molecule has 0 aliphatic heterocycles. The largest absolute Gasteiger partial charge is 0.506 e. The zero-order chi connectivity index (χ0) is 14.0. The summed E-state index contributed by atoms with van der Waals surface area (Å²) >= 11 is 0. The molecule has 0 heterocycles. The standard InChI is InChI=1S/C14H12O5/c1-18-13(16)10-7-8-5-3-4-6-9(8)12(15)11(10)14(17)19-2/h3-7,15H,1-2H3. The minimum Gasteiger partial charge on any atom is -0.506 e. The summed E-state index contributed by atoms with van der Waals surface area (Å²) in [6.45, 7) is 0. The van der Waals surface area contributed by atoms with Crippen LogP contribution < -0.4 is 0 Å². The third kappa shape index (κ3) is 2.10. The smallest absolute Gasteiger partial charge is 0.342 e. The second-order valence-electron chi connectivity index (χ2n) is 3.85. The van der Waals surface area contributed by atoms with Crippen molar-refractivity contribution in [2.75, 3.05) is 14.2 Å². The first-order chi connectivity index (χ1) is 9.10.